The number of hydrogen-bond acceptors (Lipinski definition) is 1. The lowest BCUT2D eigenvalue weighted by molar-refractivity contribution is 0.223. The third-order valence-corrected chi connectivity index (χ3v) is 3.78. The molecule has 1 nitrogen and oxygen atoms in total. The second-order valence-electron chi connectivity index (χ2n) is 6.12. The second-order valence-corrected chi connectivity index (χ2v) is 6.12. The van der Waals surface area contributed by atoms with Crippen LogP contribution in [0.5, 0.6) is 0 Å². The molecule has 0 aromatic carbocycles. The fourth-order valence-corrected chi connectivity index (χ4v) is 1.78. The summed E-state index contributed by atoms with van der Waals surface area (Å²) in [6, 6.07) is 0. The van der Waals surface area contributed by atoms with Crippen molar-refractivity contribution >= 4 is 7.41 Å². The normalized spacial score (nSPS) is 15.4. The lowest BCUT2D eigenvalue weighted by Gasteiger charge is -2.31. The van der Waals surface area contributed by atoms with Crippen molar-refractivity contribution in [2.24, 2.45) is 11.3 Å². The van der Waals surface area contributed by atoms with Crippen LogP contribution in [-0.4, -0.2) is 14.0 Å². The minimum Gasteiger partial charge on any atom is -0.358 e. The van der Waals surface area contributed by atoms with E-state index in [2.05, 4.69) is 59.8 Å². The highest BCUT2D eigenvalue weighted by molar-refractivity contribution is 6.35. The van der Waals surface area contributed by atoms with Gasteiger partial charge in [0.15, 0.2) is 0 Å². The highest BCUT2D eigenvalue weighted by atomic mass is 14.8. The zero-order valence-electron chi connectivity index (χ0n) is 12.4. The molecule has 2 atom stereocenters. The van der Waals surface area contributed by atoms with Crippen molar-refractivity contribution in [2.45, 2.75) is 60.7 Å². The fraction of sp³-hybridized carbons (Fsp3) is 0.857. The van der Waals surface area contributed by atoms with Gasteiger partial charge in [-0.1, -0.05) is 52.7 Å². The van der Waals surface area contributed by atoms with Crippen LogP contribution in [0.4, 0.5) is 0 Å². The summed E-state index contributed by atoms with van der Waals surface area (Å²) in [7, 11) is 1.09. The van der Waals surface area contributed by atoms with Crippen LogP contribution >= 0.6 is 0 Å². The van der Waals surface area contributed by atoms with E-state index < -0.39 is 0 Å². The van der Waals surface area contributed by atoms with Gasteiger partial charge in [-0.3, -0.25) is 0 Å². The Morgan fingerprint density at radius 2 is 1.88 bits per heavy atom. The maximum absolute atomic E-state index is 3.59. The van der Waals surface area contributed by atoms with Crippen molar-refractivity contribution in [3.05, 3.63) is 11.6 Å². The van der Waals surface area contributed by atoms with E-state index in [1.54, 1.807) is 0 Å². The molecule has 0 aliphatic rings. The quantitative estimate of drug-likeness (QED) is 0.511. The van der Waals surface area contributed by atoms with Crippen molar-refractivity contribution in [3.8, 4) is 0 Å². The van der Waals surface area contributed by atoms with Gasteiger partial charge < -0.3 is 5.23 Å². The van der Waals surface area contributed by atoms with Gasteiger partial charge in [-0.2, -0.15) is 0 Å². The topological polar surface area (TPSA) is 12.0 Å². The Labute approximate surface area is 103 Å². The first-order valence-corrected chi connectivity index (χ1v) is 6.65. The van der Waals surface area contributed by atoms with Crippen molar-refractivity contribution in [2.75, 3.05) is 6.54 Å². The van der Waals surface area contributed by atoms with Crippen LogP contribution < -0.4 is 5.23 Å². The molecule has 0 saturated heterocycles. The summed E-state index contributed by atoms with van der Waals surface area (Å²) < 4.78 is 0. The lowest BCUT2D eigenvalue weighted by atomic mass is 9.73. The largest absolute Gasteiger partial charge is 0.358 e. The van der Waals surface area contributed by atoms with Crippen LogP contribution in [-0.2, 0) is 0 Å². The highest BCUT2D eigenvalue weighted by Gasteiger charge is 2.23. The number of hydrogen-bond donors (Lipinski definition) is 1. The maximum Gasteiger partial charge on any atom is 0.208 e. The van der Waals surface area contributed by atoms with E-state index in [0.717, 1.165) is 19.9 Å². The molecule has 0 saturated carbocycles. The molecule has 0 aromatic heterocycles. The summed E-state index contributed by atoms with van der Waals surface area (Å²) in [6.45, 7) is 17.1. The highest BCUT2D eigenvalue weighted by Crippen LogP contribution is 2.29. The maximum atomic E-state index is 3.59. The summed E-state index contributed by atoms with van der Waals surface area (Å²) in [6.07, 6.45) is 3.59. The fourth-order valence-electron chi connectivity index (χ4n) is 1.78. The standard InChI is InChI=1S/C14H30BN/c1-8-14(6,7)12(4)10-16-15-13(5)9-11(2)3/h9,12-13,15-16H,8,10H2,1-7H3. The smallest absolute Gasteiger partial charge is 0.208 e. The van der Waals surface area contributed by atoms with Crippen molar-refractivity contribution in [1.29, 1.82) is 0 Å². The molecule has 0 aromatic rings. The molecule has 0 spiro atoms. The summed E-state index contributed by atoms with van der Waals surface area (Å²) in [5.41, 5.74) is 1.86. The van der Waals surface area contributed by atoms with Crippen LogP contribution in [0.2, 0.25) is 5.82 Å². The van der Waals surface area contributed by atoms with Crippen molar-refractivity contribution < 1.29 is 0 Å². The number of nitrogens with one attached hydrogen (secondary N) is 1. The Morgan fingerprint density at radius 1 is 1.31 bits per heavy atom. The molecule has 2 heteroatoms. The van der Waals surface area contributed by atoms with E-state index in [-0.39, 0.29) is 0 Å². The van der Waals surface area contributed by atoms with Crippen LogP contribution in [0, 0.1) is 11.3 Å². The van der Waals surface area contributed by atoms with E-state index in [1.165, 1.54) is 12.0 Å². The third-order valence-electron chi connectivity index (χ3n) is 3.78. The second kappa shape index (κ2) is 7.16. The molecular weight excluding hydrogens is 193 g/mol. The number of rotatable bonds is 7. The molecule has 0 heterocycles. The Balaban J connectivity index is 3.87. The van der Waals surface area contributed by atoms with Gasteiger partial charge in [-0.15, -0.1) is 0 Å². The Kier molecular flexibility index (Phi) is 7.06. The lowest BCUT2D eigenvalue weighted by Crippen LogP contribution is -2.34. The Bertz CT molecular complexity index is 217. The average molecular weight is 223 g/mol. The summed E-state index contributed by atoms with van der Waals surface area (Å²) in [5, 5.41) is 3.59. The first-order valence-electron chi connectivity index (χ1n) is 6.65. The van der Waals surface area contributed by atoms with Gasteiger partial charge in [-0.25, -0.2) is 0 Å². The van der Waals surface area contributed by atoms with Gasteiger partial charge in [0.1, 0.15) is 0 Å². The molecule has 0 fully saturated rings. The molecule has 0 amide bonds. The Hall–Kier alpha value is -0.235. The summed E-state index contributed by atoms with van der Waals surface area (Å²) in [5.74, 6) is 1.37. The molecule has 0 rings (SSSR count). The molecular formula is C14H30BN. The van der Waals surface area contributed by atoms with E-state index >= 15 is 0 Å². The van der Waals surface area contributed by atoms with E-state index in [4.69, 9.17) is 0 Å². The first-order chi connectivity index (χ1) is 7.29. The number of allylic oxidation sites excluding steroid dienone is 2. The van der Waals surface area contributed by atoms with Gasteiger partial charge in [0.25, 0.3) is 0 Å². The first kappa shape index (κ1) is 15.8. The van der Waals surface area contributed by atoms with Crippen LogP contribution in [0.25, 0.3) is 0 Å². The van der Waals surface area contributed by atoms with Crippen LogP contribution in [0.3, 0.4) is 0 Å². The molecule has 16 heavy (non-hydrogen) atoms. The molecule has 0 aliphatic carbocycles. The zero-order valence-corrected chi connectivity index (χ0v) is 12.4. The average Bonchev–Trinajstić information content (AvgIpc) is 2.16. The molecule has 2 unspecified atom stereocenters. The van der Waals surface area contributed by atoms with Gasteiger partial charge in [-0.05, 0) is 37.5 Å². The third kappa shape index (κ3) is 6.37. The Morgan fingerprint density at radius 3 is 2.31 bits per heavy atom. The van der Waals surface area contributed by atoms with Crippen LogP contribution in [0.1, 0.15) is 54.9 Å². The monoisotopic (exact) mass is 223 g/mol. The van der Waals surface area contributed by atoms with Crippen LogP contribution in [0.15, 0.2) is 11.6 Å². The predicted molar refractivity (Wildman–Crippen MR) is 77.2 cm³/mol. The molecule has 0 radical (unpaired) electrons. The summed E-state index contributed by atoms with van der Waals surface area (Å²) >= 11 is 0. The van der Waals surface area contributed by atoms with Crippen molar-refractivity contribution in [1.82, 2.24) is 5.23 Å². The summed E-state index contributed by atoms with van der Waals surface area (Å²) in [4.78, 5) is 0. The minimum absolute atomic E-state index is 0.451. The van der Waals surface area contributed by atoms with Gasteiger partial charge in [0.2, 0.25) is 7.41 Å². The SMILES string of the molecule is CCC(C)(C)C(C)CNBC(C)C=C(C)C. The molecule has 1 N–H and O–H groups in total. The van der Waals surface area contributed by atoms with E-state index in [1.807, 2.05) is 0 Å². The van der Waals surface area contributed by atoms with E-state index in [0.29, 0.717) is 11.2 Å². The molecule has 0 aliphatic heterocycles. The minimum atomic E-state index is 0.451. The van der Waals surface area contributed by atoms with Crippen molar-refractivity contribution in [3.63, 3.8) is 0 Å². The molecule has 94 valence electrons. The predicted octanol–water partition coefficient (Wildman–Crippen LogP) is 3.77. The van der Waals surface area contributed by atoms with Gasteiger partial charge >= 0.3 is 0 Å². The van der Waals surface area contributed by atoms with Gasteiger partial charge in [0, 0.05) is 0 Å². The zero-order chi connectivity index (χ0) is 12.8. The molecule has 0 bridgehead atoms. The van der Waals surface area contributed by atoms with Gasteiger partial charge in [0.05, 0.1) is 0 Å². The van der Waals surface area contributed by atoms with E-state index in [9.17, 15) is 0 Å².